The summed E-state index contributed by atoms with van der Waals surface area (Å²) in [7, 11) is 0. The zero-order chi connectivity index (χ0) is 28.6. The van der Waals surface area contributed by atoms with Gasteiger partial charge in [-0.15, -0.1) is 0 Å². The number of aromatic amines is 1. The van der Waals surface area contributed by atoms with Crippen molar-refractivity contribution >= 4 is 39.3 Å². The summed E-state index contributed by atoms with van der Waals surface area (Å²) in [6.07, 6.45) is -7.18. The fraction of sp³-hybridized carbons (Fsp3) is 0.286. The van der Waals surface area contributed by atoms with Crippen molar-refractivity contribution in [2.24, 2.45) is 0 Å². The van der Waals surface area contributed by atoms with Crippen molar-refractivity contribution in [2.45, 2.75) is 30.6 Å². The van der Waals surface area contributed by atoms with Crippen molar-refractivity contribution in [2.75, 3.05) is 25.1 Å². The maximum Gasteiger partial charge on any atom is 0.259 e. The van der Waals surface area contributed by atoms with E-state index in [1.807, 2.05) is 0 Å². The standard InChI is InChI=1S/C28H25N3O10/c32-9-19-23(34)24(35)25(36)28(41-19)30-14-2-1-10(33)5-11(14)12-6-16-20(22-21(12)26(37)31-27(22)38)13-7-17-18(8-15(13)29-16)40-4-3-39-17/h1-2,5-8,19,23-25,28-30,32-36H,3-4,9H2,(H,31,37,38). The number of aliphatic hydroxyl groups is 4. The van der Waals surface area contributed by atoms with Crippen LogP contribution in [0.15, 0.2) is 36.4 Å². The van der Waals surface area contributed by atoms with E-state index >= 15 is 0 Å². The van der Waals surface area contributed by atoms with Crippen LogP contribution in [0.4, 0.5) is 5.69 Å². The molecule has 4 heterocycles. The summed E-state index contributed by atoms with van der Waals surface area (Å²) in [6.45, 7) is 0.165. The molecule has 7 rings (SSSR count). The van der Waals surface area contributed by atoms with Crippen molar-refractivity contribution in [1.82, 2.24) is 10.3 Å². The van der Waals surface area contributed by atoms with Gasteiger partial charge in [-0.25, -0.2) is 0 Å². The lowest BCUT2D eigenvalue weighted by Crippen LogP contribution is -2.60. The van der Waals surface area contributed by atoms with Crippen LogP contribution in [0.2, 0.25) is 0 Å². The summed E-state index contributed by atoms with van der Waals surface area (Å²) in [5.74, 6) is -0.290. The highest BCUT2D eigenvalue weighted by atomic mass is 16.6. The Morgan fingerprint density at radius 1 is 0.854 bits per heavy atom. The van der Waals surface area contributed by atoms with Crippen LogP contribution in [0.3, 0.4) is 0 Å². The number of phenols is 1. The minimum absolute atomic E-state index is 0.0840. The van der Waals surface area contributed by atoms with Crippen molar-refractivity contribution in [3.8, 4) is 28.4 Å². The zero-order valence-corrected chi connectivity index (χ0v) is 21.2. The Hall–Kier alpha value is -4.40. The molecule has 3 aliphatic heterocycles. The third-order valence-corrected chi connectivity index (χ3v) is 7.71. The number of fused-ring (bicyclic) bond motifs is 6. The molecule has 13 nitrogen and oxygen atoms in total. The number of imide groups is 1. The first-order valence-corrected chi connectivity index (χ1v) is 12.9. The molecule has 4 aromatic rings. The Kier molecular flexibility index (Phi) is 5.81. The quantitative estimate of drug-likeness (QED) is 0.127. The lowest BCUT2D eigenvalue weighted by atomic mass is 9.91. The van der Waals surface area contributed by atoms with Crippen LogP contribution in [0.25, 0.3) is 32.9 Å². The second-order valence-electron chi connectivity index (χ2n) is 10.2. The summed E-state index contributed by atoms with van der Waals surface area (Å²) in [5.41, 5.74) is 2.27. The monoisotopic (exact) mass is 563 g/mol. The smallest absolute Gasteiger partial charge is 0.259 e. The average molecular weight is 564 g/mol. The van der Waals surface area contributed by atoms with Gasteiger partial charge in [-0.3, -0.25) is 14.9 Å². The molecule has 2 amide bonds. The van der Waals surface area contributed by atoms with Gasteiger partial charge in [0.25, 0.3) is 11.8 Å². The number of aromatic hydroxyl groups is 1. The van der Waals surface area contributed by atoms with Gasteiger partial charge in [0, 0.05) is 33.6 Å². The fourth-order valence-electron chi connectivity index (χ4n) is 5.76. The Morgan fingerprint density at radius 2 is 1.59 bits per heavy atom. The third kappa shape index (κ3) is 3.89. The number of aliphatic hydroxyl groups excluding tert-OH is 4. The molecular weight excluding hydrogens is 538 g/mol. The lowest BCUT2D eigenvalue weighted by molar-refractivity contribution is -0.221. The fourth-order valence-corrected chi connectivity index (χ4v) is 5.76. The van der Waals surface area contributed by atoms with E-state index in [1.165, 1.54) is 18.2 Å². The number of rotatable bonds is 4. The second kappa shape index (κ2) is 9.33. The number of H-pyrrole nitrogens is 1. The van der Waals surface area contributed by atoms with E-state index in [1.54, 1.807) is 18.2 Å². The van der Waals surface area contributed by atoms with Gasteiger partial charge in [-0.1, -0.05) is 0 Å². The van der Waals surface area contributed by atoms with Crippen molar-refractivity contribution in [3.05, 3.63) is 47.5 Å². The minimum atomic E-state index is -1.62. The molecule has 1 saturated heterocycles. The number of ether oxygens (including phenoxy) is 3. The number of carbonyl (C=O) groups excluding carboxylic acids is 2. The minimum Gasteiger partial charge on any atom is -0.508 e. The van der Waals surface area contributed by atoms with E-state index in [2.05, 4.69) is 15.6 Å². The van der Waals surface area contributed by atoms with Crippen LogP contribution in [-0.2, 0) is 4.74 Å². The van der Waals surface area contributed by atoms with E-state index < -0.39 is 49.1 Å². The normalized spacial score (nSPS) is 25.4. The van der Waals surface area contributed by atoms with Gasteiger partial charge in [-0.05, 0) is 35.9 Å². The number of hydrogen-bond acceptors (Lipinski definition) is 11. The van der Waals surface area contributed by atoms with Gasteiger partial charge >= 0.3 is 0 Å². The number of anilines is 1. The van der Waals surface area contributed by atoms with Crippen LogP contribution >= 0.6 is 0 Å². The average Bonchev–Trinajstić information content (AvgIpc) is 3.47. The van der Waals surface area contributed by atoms with Gasteiger partial charge in [0.1, 0.15) is 43.4 Å². The Labute approximate surface area is 230 Å². The van der Waals surface area contributed by atoms with Gasteiger partial charge < -0.3 is 50.0 Å². The number of nitrogens with one attached hydrogen (secondary N) is 3. The molecule has 0 aliphatic carbocycles. The molecule has 8 N–H and O–H groups in total. The maximum absolute atomic E-state index is 13.2. The topological polar surface area (TPSA) is 203 Å². The lowest BCUT2D eigenvalue weighted by Gasteiger charge is -2.40. The van der Waals surface area contributed by atoms with Crippen LogP contribution in [0, 0.1) is 0 Å². The van der Waals surface area contributed by atoms with E-state index in [0.717, 1.165) is 0 Å². The van der Waals surface area contributed by atoms with Crippen LogP contribution in [0.5, 0.6) is 17.2 Å². The number of hydrogen-bond donors (Lipinski definition) is 8. The molecule has 212 valence electrons. The Morgan fingerprint density at radius 3 is 2.34 bits per heavy atom. The summed E-state index contributed by atoms with van der Waals surface area (Å²) in [4.78, 5) is 29.6. The molecular formula is C28H25N3O10. The first-order valence-electron chi connectivity index (χ1n) is 12.9. The summed E-state index contributed by atoms with van der Waals surface area (Å²) >= 11 is 0. The molecule has 41 heavy (non-hydrogen) atoms. The summed E-state index contributed by atoms with van der Waals surface area (Å²) in [5, 5.41) is 57.4. The van der Waals surface area contributed by atoms with Crippen LogP contribution < -0.4 is 20.1 Å². The van der Waals surface area contributed by atoms with Crippen molar-refractivity contribution in [1.29, 1.82) is 0 Å². The molecule has 5 atom stereocenters. The molecule has 3 aliphatic rings. The molecule has 1 aromatic heterocycles. The highest BCUT2D eigenvalue weighted by Gasteiger charge is 2.44. The van der Waals surface area contributed by atoms with E-state index in [-0.39, 0.29) is 28.1 Å². The first kappa shape index (κ1) is 25.6. The van der Waals surface area contributed by atoms with Gasteiger partial charge in [0.15, 0.2) is 17.7 Å². The maximum atomic E-state index is 13.2. The van der Waals surface area contributed by atoms with Crippen molar-refractivity contribution in [3.63, 3.8) is 0 Å². The highest BCUT2D eigenvalue weighted by Crippen LogP contribution is 2.44. The predicted molar refractivity (Wildman–Crippen MR) is 143 cm³/mol. The number of aromatic nitrogens is 1. The molecule has 0 saturated carbocycles. The van der Waals surface area contributed by atoms with Crippen molar-refractivity contribution < 1.29 is 49.3 Å². The molecule has 0 spiro atoms. The molecule has 5 unspecified atom stereocenters. The largest absolute Gasteiger partial charge is 0.508 e. The molecule has 0 radical (unpaired) electrons. The summed E-state index contributed by atoms with van der Waals surface area (Å²) in [6, 6.07) is 9.44. The van der Waals surface area contributed by atoms with Crippen LogP contribution in [0.1, 0.15) is 20.7 Å². The highest BCUT2D eigenvalue weighted by molar-refractivity contribution is 6.32. The number of benzene rings is 3. The Bertz CT molecular complexity index is 1750. The predicted octanol–water partition coefficient (Wildman–Crippen LogP) is 0.560. The second-order valence-corrected chi connectivity index (χ2v) is 10.2. The molecule has 13 heteroatoms. The SMILES string of the molecule is O=C1NC(=O)c2c1c(-c1cc(O)ccc1NC1OC(CO)C(O)C(O)C1O)cc1[nH]c3cc4c(cc3c21)OCCO4. The number of carbonyl (C=O) groups is 2. The number of amides is 2. The summed E-state index contributed by atoms with van der Waals surface area (Å²) < 4.78 is 17.0. The number of phenolic OH excluding ortho intramolecular Hbond substituents is 1. The van der Waals surface area contributed by atoms with Gasteiger partial charge in [-0.2, -0.15) is 0 Å². The first-order chi connectivity index (χ1) is 19.7. The third-order valence-electron chi connectivity index (χ3n) is 7.71. The Balaban J connectivity index is 1.41. The zero-order valence-electron chi connectivity index (χ0n) is 21.2. The van der Waals surface area contributed by atoms with E-state index in [9.17, 15) is 35.1 Å². The van der Waals surface area contributed by atoms with Crippen LogP contribution in [-0.4, -0.2) is 92.8 Å². The van der Waals surface area contributed by atoms with Gasteiger partial charge in [0.2, 0.25) is 0 Å². The van der Waals surface area contributed by atoms with Gasteiger partial charge in [0.05, 0.1) is 23.3 Å². The molecule has 0 bridgehead atoms. The van der Waals surface area contributed by atoms with E-state index in [4.69, 9.17) is 14.2 Å². The van der Waals surface area contributed by atoms with E-state index in [0.29, 0.717) is 52.1 Å². The molecule has 1 fully saturated rings. The molecule has 3 aromatic carbocycles.